The molecule has 1 heterocycles. The standard InChI is InChI=1S/C13H15BrClNO2/c14-11-3-1-10(2-4-11)12(17)16-13(9-15)5-7-18-8-6-13/h1-4H,5-9H2,(H,16,17). The molecule has 0 aliphatic carbocycles. The molecule has 1 amide bonds. The lowest BCUT2D eigenvalue weighted by Gasteiger charge is -2.36. The number of alkyl halides is 1. The summed E-state index contributed by atoms with van der Waals surface area (Å²) in [6.07, 6.45) is 1.53. The van der Waals surface area contributed by atoms with Gasteiger partial charge in [-0.3, -0.25) is 4.79 Å². The minimum absolute atomic E-state index is 0.0787. The van der Waals surface area contributed by atoms with Crippen molar-refractivity contribution in [3.63, 3.8) is 0 Å². The fraction of sp³-hybridized carbons (Fsp3) is 0.462. The molecule has 0 unspecified atom stereocenters. The van der Waals surface area contributed by atoms with Crippen LogP contribution in [0.2, 0.25) is 0 Å². The normalized spacial score (nSPS) is 18.3. The first-order valence-corrected chi connectivity index (χ1v) is 7.20. The van der Waals surface area contributed by atoms with E-state index in [-0.39, 0.29) is 11.4 Å². The summed E-state index contributed by atoms with van der Waals surface area (Å²) in [4.78, 5) is 12.2. The molecule has 1 aromatic rings. The van der Waals surface area contributed by atoms with Crippen molar-refractivity contribution >= 4 is 33.4 Å². The Balaban J connectivity index is 2.07. The van der Waals surface area contributed by atoms with Crippen LogP contribution in [0, 0.1) is 0 Å². The van der Waals surface area contributed by atoms with Gasteiger partial charge in [0, 0.05) is 29.1 Å². The number of carbonyl (C=O) groups is 1. The van der Waals surface area contributed by atoms with Crippen LogP contribution in [-0.4, -0.2) is 30.5 Å². The lowest BCUT2D eigenvalue weighted by molar-refractivity contribution is 0.0434. The van der Waals surface area contributed by atoms with Crippen LogP contribution in [0.3, 0.4) is 0 Å². The zero-order chi connectivity index (χ0) is 13.0. The van der Waals surface area contributed by atoms with E-state index in [1.54, 1.807) is 12.1 Å². The highest BCUT2D eigenvalue weighted by atomic mass is 79.9. The van der Waals surface area contributed by atoms with E-state index in [0.29, 0.717) is 24.7 Å². The first kappa shape index (κ1) is 13.8. The van der Waals surface area contributed by atoms with Crippen molar-refractivity contribution in [2.45, 2.75) is 18.4 Å². The summed E-state index contributed by atoms with van der Waals surface area (Å²) in [5.74, 6) is 0.337. The summed E-state index contributed by atoms with van der Waals surface area (Å²) in [6.45, 7) is 1.29. The highest BCUT2D eigenvalue weighted by Gasteiger charge is 2.33. The number of amides is 1. The van der Waals surface area contributed by atoms with E-state index in [1.807, 2.05) is 12.1 Å². The zero-order valence-electron chi connectivity index (χ0n) is 9.92. The number of nitrogens with one attached hydrogen (secondary N) is 1. The minimum Gasteiger partial charge on any atom is -0.381 e. The summed E-state index contributed by atoms with van der Waals surface area (Å²) in [5.41, 5.74) is 0.318. The topological polar surface area (TPSA) is 38.3 Å². The third kappa shape index (κ3) is 3.25. The molecule has 1 aliphatic rings. The Bertz CT molecular complexity index is 416. The van der Waals surface area contributed by atoms with Gasteiger partial charge in [0.15, 0.2) is 0 Å². The van der Waals surface area contributed by atoms with E-state index < -0.39 is 0 Å². The van der Waals surface area contributed by atoms with Crippen LogP contribution in [0.15, 0.2) is 28.7 Å². The van der Waals surface area contributed by atoms with Gasteiger partial charge in [-0.05, 0) is 37.1 Å². The lowest BCUT2D eigenvalue weighted by Crippen LogP contribution is -2.53. The predicted molar refractivity (Wildman–Crippen MR) is 75.1 cm³/mol. The van der Waals surface area contributed by atoms with Gasteiger partial charge in [0.25, 0.3) is 5.91 Å². The number of hydrogen-bond donors (Lipinski definition) is 1. The second kappa shape index (κ2) is 6.04. The van der Waals surface area contributed by atoms with E-state index in [0.717, 1.165) is 17.3 Å². The third-order valence-electron chi connectivity index (χ3n) is 3.19. The maximum absolute atomic E-state index is 12.2. The molecule has 1 N–H and O–H groups in total. The Kier molecular flexibility index (Phi) is 4.65. The molecule has 0 aromatic heterocycles. The molecule has 1 aliphatic heterocycles. The van der Waals surface area contributed by atoms with Gasteiger partial charge in [0.05, 0.1) is 5.54 Å². The third-order valence-corrected chi connectivity index (χ3v) is 4.23. The van der Waals surface area contributed by atoms with E-state index in [9.17, 15) is 4.79 Å². The van der Waals surface area contributed by atoms with Crippen LogP contribution in [-0.2, 0) is 4.74 Å². The molecule has 3 nitrogen and oxygen atoms in total. The maximum atomic E-state index is 12.2. The molecule has 0 bridgehead atoms. The molecule has 5 heteroatoms. The maximum Gasteiger partial charge on any atom is 0.251 e. The van der Waals surface area contributed by atoms with E-state index in [1.165, 1.54) is 0 Å². The molecule has 0 spiro atoms. The van der Waals surface area contributed by atoms with E-state index in [4.69, 9.17) is 16.3 Å². The van der Waals surface area contributed by atoms with Crippen LogP contribution in [0.1, 0.15) is 23.2 Å². The Morgan fingerprint density at radius 2 is 1.94 bits per heavy atom. The summed E-state index contributed by atoms with van der Waals surface area (Å²) in [5, 5.41) is 3.05. The smallest absolute Gasteiger partial charge is 0.251 e. The zero-order valence-corrected chi connectivity index (χ0v) is 12.3. The molecule has 0 saturated carbocycles. The molecule has 0 radical (unpaired) electrons. The molecule has 1 saturated heterocycles. The Morgan fingerprint density at radius 1 is 1.33 bits per heavy atom. The van der Waals surface area contributed by atoms with Crippen LogP contribution in [0.4, 0.5) is 0 Å². The van der Waals surface area contributed by atoms with Crippen molar-refractivity contribution in [3.8, 4) is 0 Å². The fourth-order valence-electron chi connectivity index (χ4n) is 1.97. The van der Waals surface area contributed by atoms with Gasteiger partial charge in [-0.1, -0.05) is 15.9 Å². The highest BCUT2D eigenvalue weighted by Crippen LogP contribution is 2.23. The predicted octanol–water partition coefficient (Wildman–Crippen LogP) is 2.97. The van der Waals surface area contributed by atoms with Crippen molar-refractivity contribution in [1.29, 1.82) is 0 Å². The summed E-state index contributed by atoms with van der Waals surface area (Å²) < 4.78 is 6.27. The molecule has 98 valence electrons. The average Bonchev–Trinajstić information content (AvgIpc) is 2.40. The van der Waals surface area contributed by atoms with Gasteiger partial charge in [-0.25, -0.2) is 0 Å². The van der Waals surface area contributed by atoms with Crippen molar-refractivity contribution in [3.05, 3.63) is 34.3 Å². The number of benzene rings is 1. The molecule has 2 rings (SSSR count). The van der Waals surface area contributed by atoms with Crippen LogP contribution < -0.4 is 5.32 Å². The first-order chi connectivity index (χ1) is 8.65. The molecule has 18 heavy (non-hydrogen) atoms. The molecule has 1 fully saturated rings. The number of hydrogen-bond acceptors (Lipinski definition) is 2. The summed E-state index contributed by atoms with van der Waals surface area (Å²) in [6, 6.07) is 7.29. The monoisotopic (exact) mass is 331 g/mol. The second-order valence-electron chi connectivity index (χ2n) is 4.49. The van der Waals surface area contributed by atoms with Crippen LogP contribution >= 0.6 is 27.5 Å². The fourth-order valence-corrected chi connectivity index (χ4v) is 2.57. The van der Waals surface area contributed by atoms with Gasteiger partial charge in [-0.2, -0.15) is 0 Å². The Hall–Kier alpha value is -0.580. The summed E-state index contributed by atoms with van der Waals surface area (Å²) in [7, 11) is 0. The van der Waals surface area contributed by atoms with Crippen molar-refractivity contribution in [2.24, 2.45) is 0 Å². The van der Waals surface area contributed by atoms with Crippen molar-refractivity contribution < 1.29 is 9.53 Å². The Labute approximate surface area is 120 Å². The number of carbonyl (C=O) groups excluding carboxylic acids is 1. The molecular weight excluding hydrogens is 318 g/mol. The van der Waals surface area contributed by atoms with Crippen molar-refractivity contribution in [1.82, 2.24) is 5.32 Å². The van der Waals surface area contributed by atoms with E-state index in [2.05, 4.69) is 21.2 Å². The molecule has 1 aromatic carbocycles. The van der Waals surface area contributed by atoms with Gasteiger partial charge >= 0.3 is 0 Å². The van der Waals surface area contributed by atoms with Crippen LogP contribution in [0.5, 0.6) is 0 Å². The quantitative estimate of drug-likeness (QED) is 0.864. The highest BCUT2D eigenvalue weighted by molar-refractivity contribution is 9.10. The minimum atomic E-state index is -0.329. The number of ether oxygens (including phenoxy) is 1. The van der Waals surface area contributed by atoms with Gasteiger partial charge in [-0.15, -0.1) is 11.6 Å². The average molecular weight is 333 g/mol. The van der Waals surface area contributed by atoms with E-state index >= 15 is 0 Å². The van der Waals surface area contributed by atoms with Gasteiger partial charge < -0.3 is 10.1 Å². The van der Waals surface area contributed by atoms with Gasteiger partial charge in [0.2, 0.25) is 0 Å². The van der Waals surface area contributed by atoms with Crippen LogP contribution in [0.25, 0.3) is 0 Å². The second-order valence-corrected chi connectivity index (χ2v) is 5.67. The molecular formula is C13H15BrClNO2. The number of halogens is 2. The number of rotatable bonds is 3. The summed E-state index contributed by atoms with van der Waals surface area (Å²) >= 11 is 9.36. The largest absolute Gasteiger partial charge is 0.381 e. The van der Waals surface area contributed by atoms with Gasteiger partial charge in [0.1, 0.15) is 0 Å². The first-order valence-electron chi connectivity index (χ1n) is 5.87. The van der Waals surface area contributed by atoms with Crippen molar-refractivity contribution in [2.75, 3.05) is 19.1 Å². The SMILES string of the molecule is O=C(NC1(CCl)CCOCC1)c1ccc(Br)cc1. The lowest BCUT2D eigenvalue weighted by atomic mass is 9.92. The molecule has 0 atom stereocenters. The Morgan fingerprint density at radius 3 is 2.50 bits per heavy atom.